The number of rotatable bonds is 3. The molecular weight excluding hydrogens is 268 g/mol. The first-order valence-corrected chi connectivity index (χ1v) is 6.97. The van der Waals surface area contributed by atoms with E-state index >= 15 is 0 Å². The van der Waals surface area contributed by atoms with E-state index in [-0.39, 0.29) is 5.97 Å². The lowest BCUT2D eigenvalue weighted by Gasteiger charge is -2.17. The van der Waals surface area contributed by atoms with Crippen molar-refractivity contribution < 1.29 is 14.3 Å². The fourth-order valence-corrected chi connectivity index (χ4v) is 2.47. The maximum Gasteiger partial charge on any atom is 0.337 e. The first-order chi connectivity index (χ1) is 10.3. The van der Waals surface area contributed by atoms with E-state index in [1.54, 1.807) is 30.6 Å². The number of ether oxygens (including phenoxy) is 2. The van der Waals surface area contributed by atoms with E-state index in [1.165, 1.54) is 7.11 Å². The Morgan fingerprint density at radius 1 is 1.10 bits per heavy atom. The van der Waals surface area contributed by atoms with Crippen LogP contribution in [0.2, 0.25) is 0 Å². The van der Waals surface area contributed by atoms with Gasteiger partial charge in [0.1, 0.15) is 12.1 Å². The summed E-state index contributed by atoms with van der Waals surface area (Å²) in [5.41, 5.74) is 2.67. The summed E-state index contributed by atoms with van der Waals surface area (Å²) in [6.45, 7) is 0. The molecule has 0 unspecified atom stereocenters. The first-order valence-electron chi connectivity index (χ1n) is 6.97. The van der Waals surface area contributed by atoms with Crippen molar-refractivity contribution in [2.75, 3.05) is 7.11 Å². The van der Waals surface area contributed by atoms with Gasteiger partial charge in [0, 0.05) is 5.56 Å². The van der Waals surface area contributed by atoms with E-state index in [9.17, 15) is 4.79 Å². The fourth-order valence-electron chi connectivity index (χ4n) is 2.47. The average Bonchev–Trinajstić information content (AvgIpc) is 2.55. The molecule has 2 aromatic rings. The Morgan fingerprint density at radius 3 is 2.62 bits per heavy atom. The number of methoxy groups -OCH3 is 1. The third-order valence-electron chi connectivity index (χ3n) is 3.58. The molecule has 1 aliphatic rings. The predicted molar refractivity (Wildman–Crippen MR) is 76.5 cm³/mol. The largest absolute Gasteiger partial charge is 0.465 e. The van der Waals surface area contributed by atoms with Crippen LogP contribution >= 0.6 is 0 Å². The molecule has 1 aliphatic carbocycles. The number of hydrogen-bond acceptors (Lipinski definition) is 5. The summed E-state index contributed by atoms with van der Waals surface area (Å²) in [6.07, 6.45) is 5.78. The zero-order chi connectivity index (χ0) is 14.7. The second-order valence-electron chi connectivity index (χ2n) is 4.93. The molecule has 3 rings (SSSR count). The van der Waals surface area contributed by atoms with E-state index < -0.39 is 0 Å². The van der Waals surface area contributed by atoms with Crippen molar-refractivity contribution in [3.63, 3.8) is 0 Å². The van der Waals surface area contributed by atoms with Crippen LogP contribution in [0.1, 0.15) is 34.5 Å². The first kappa shape index (κ1) is 13.5. The van der Waals surface area contributed by atoms with E-state index in [0.29, 0.717) is 17.2 Å². The van der Waals surface area contributed by atoms with Crippen molar-refractivity contribution in [2.45, 2.75) is 25.7 Å². The molecule has 0 spiro atoms. The quantitative estimate of drug-likeness (QED) is 0.811. The average molecular weight is 284 g/mol. The van der Waals surface area contributed by atoms with Gasteiger partial charge in [-0.3, -0.25) is 0 Å². The minimum atomic E-state index is -0.360. The summed E-state index contributed by atoms with van der Waals surface area (Å²) in [5, 5.41) is 0. The number of esters is 1. The predicted octanol–water partition coefficient (Wildman–Crippen LogP) is 2.93. The molecule has 0 fully saturated rings. The highest BCUT2D eigenvalue weighted by molar-refractivity contribution is 5.89. The van der Waals surface area contributed by atoms with Gasteiger partial charge in [0.2, 0.25) is 5.88 Å². The molecule has 0 amide bonds. The molecule has 0 N–H and O–H groups in total. The van der Waals surface area contributed by atoms with Gasteiger partial charge in [-0.1, -0.05) is 0 Å². The van der Waals surface area contributed by atoms with Crippen molar-refractivity contribution in [1.29, 1.82) is 0 Å². The molecule has 5 nitrogen and oxygen atoms in total. The smallest absolute Gasteiger partial charge is 0.337 e. The Bertz CT molecular complexity index is 653. The van der Waals surface area contributed by atoms with Gasteiger partial charge >= 0.3 is 5.97 Å². The lowest BCUT2D eigenvalue weighted by molar-refractivity contribution is 0.0600. The van der Waals surface area contributed by atoms with Crippen LogP contribution in [-0.4, -0.2) is 23.0 Å². The molecule has 0 saturated carbocycles. The SMILES string of the molecule is COC(=O)c1ccc(Oc2ncnc3c2CCCC3)cc1. The molecule has 0 radical (unpaired) electrons. The summed E-state index contributed by atoms with van der Waals surface area (Å²) < 4.78 is 10.5. The van der Waals surface area contributed by atoms with Crippen LogP contribution in [0.15, 0.2) is 30.6 Å². The zero-order valence-corrected chi connectivity index (χ0v) is 11.8. The third-order valence-corrected chi connectivity index (χ3v) is 3.58. The molecule has 0 atom stereocenters. The summed E-state index contributed by atoms with van der Waals surface area (Å²) in [6, 6.07) is 6.83. The van der Waals surface area contributed by atoms with Gasteiger partial charge in [-0.25, -0.2) is 14.8 Å². The van der Waals surface area contributed by atoms with Gasteiger partial charge in [-0.15, -0.1) is 0 Å². The Morgan fingerprint density at radius 2 is 1.86 bits per heavy atom. The lowest BCUT2D eigenvalue weighted by atomic mass is 9.97. The van der Waals surface area contributed by atoms with E-state index in [1.807, 2.05) is 0 Å². The Balaban J connectivity index is 1.82. The van der Waals surface area contributed by atoms with Crippen molar-refractivity contribution >= 4 is 5.97 Å². The highest BCUT2D eigenvalue weighted by Crippen LogP contribution is 2.29. The van der Waals surface area contributed by atoms with E-state index in [2.05, 4.69) is 14.7 Å². The molecule has 0 aliphatic heterocycles. The van der Waals surface area contributed by atoms with Crippen molar-refractivity contribution in [3.05, 3.63) is 47.4 Å². The molecule has 5 heteroatoms. The number of aromatic nitrogens is 2. The van der Waals surface area contributed by atoms with Crippen LogP contribution in [0.3, 0.4) is 0 Å². The second-order valence-corrected chi connectivity index (χ2v) is 4.93. The summed E-state index contributed by atoms with van der Waals surface area (Å²) in [5.74, 6) is 0.903. The highest BCUT2D eigenvalue weighted by Gasteiger charge is 2.17. The number of hydrogen-bond donors (Lipinski definition) is 0. The Hall–Kier alpha value is -2.43. The molecule has 1 aromatic carbocycles. The molecule has 108 valence electrons. The number of aryl methyl sites for hydroxylation is 1. The maximum atomic E-state index is 11.4. The number of benzene rings is 1. The summed E-state index contributed by atoms with van der Waals surface area (Å²) >= 11 is 0. The zero-order valence-electron chi connectivity index (χ0n) is 11.8. The van der Waals surface area contributed by atoms with Crippen LogP contribution in [-0.2, 0) is 17.6 Å². The fraction of sp³-hybridized carbons (Fsp3) is 0.312. The maximum absolute atomic E-state index is 11.4. The third kappa shape index (κ3) is 2.86. The van der Waals surface area contributed by atoms with Crippen LogP contribution in [0.4, 0.5) is 0 Å². The van der Waals surface area contributed by atoms with Crippen LogP contribution < -0.4 is 4.74 Å². The number of carbonyl (C=O) groups is 1. The van der Waals surface area contributed by atoms with Gasteiger partial charge in [0.15, 0.2) is 0 Å². The number of carbonyl (C=O) groups excluding carboxylic acids is 1. The second kappa shape index (κ2) is 5.91. The minimum Gasteiger partial charge on any atom is -0.465 e. The van der Waals surface area contributed by atoms with Crippen LogP contribution in [0.25, 0.3) is 0 Å². The van der Waals surface area contributed by atoms with Crippen LogP contribution in [0.5, 0.6) is 11.6 Å². The minimum absolute atomic E-state index is 0.360. The normalized spacial score (nSPS) is 13.4. The summed E-state index contributed by atoms with van der Waals surface area (Å²) in [7, 11) is 1.36. The Labute approximate surface area is 123 Å². The summed E-state index contributed by atoms with van der Waals surface area (Å²) in [4.78, 5) is 19.9. The number of fused-ring (bicyclic) bond motifs is 1. The van der Waals surface area contributed by atoms with Crippen molar-refractivity contribution in [3.8, 4) is 11.6 Å². The Kier molecular flexibility index (Phi) is 3.81. The van der Waals surface area contributed by atoms with Gasteiger partial charge in [0.25, 0.3) is 0 Å². The van der Waals surface area contributed by atoms with Gasteiger partial charge in [-0.05, 0) is 49.9 Å². The van der Waals surface area contributed by atoms with Gasteiger partial charge in [-0.2, -0.15) is 0 Å². The number of nitrogens with zero attached hydrogens (tertiary/aromatic N) is 2. The molecule has 21 heavy (non-hydrogen) atoms. The molecular formula is C16H16N2O3. The standard InChI is InChI=1S/C16H16N2O3/c1-20-16(19)11-6-8-12(9-7-11)21-15-13-4-2-3-5-14(13)17-10-18-15/h6-10H,2-5H2,1H3. The lowest BCUT2D eigenvalue weighted by Crippen LogP contribution is -2.08. The van der Waals surface area contributed by atoms with Gasteiger partial charge in [0.05, 0.1) is 18.4 Å². The van der Waals surface area contributed by atoms with Crippen LogP contribution in [0, 0.1) is 0 Å². The molecule has 1 aromatic heterocycles. The van der Waals surface area contributed by atoms with E-state index in [0.717, 1.165) is 36.9 Å². The monoisotopic (exact) mass is 284 g/mol. The van der Waals surface area contributed by atoms with E-state index in [4.69, 9.17) is 4.74 Å². The molecule has 0 saturated heterocycles. The molecule has 1 heterocycles. The van der Waals surface area contributed by atoms with Crippen molar-refractivity contribution in [1.82, 2.24) is 9.97 Å². The highest BCUT2D eigenvalue weighted by atomic mass is 16.5. The van der Waals surface area contributed by atoms with Gasteiger partial charge < -0.3 is 9.47 Å². The molecule has 0 bridgehead atoms. The topological polar surface area (TPSA) is 61.3 Å². The van der Waals surface area contributed by atoms with Crippen molar-refractivity contribution in [2.24, 2.45) is 0 Å².